The average molecular weight is 423 g/mol. The Morgan fingerprint density at radius 3 is 2.33 bits per heavy atom. The Kier molecular flexibility index (Phi) is 13.9. The molecule has 0 radical (unpaired) electrons. The molecule has 2 N–H and O–H groups in total. The first-order chi connectivity index (χ1) is 14.6. The minimum Gasteiger partial charge on any atom is -0.458 e. The standard InChI is InChI=1S/C22H34N2O6/c1-23-20(26)21(27)24-14-11-9-7-5-3-2-4-6-8-10-12-15-29-17-19(25)18-13-16-30-22(18)28/h3,5,13H,2,4,6-12,14-17H2,1H3,(H,23,26)(H,24,27)/b5-3-. The zero-order chi connectivity index (χ0) is 22.0. The van der Waals surface area contributed by atoms with Crippen LogP contribution in [-0.4, -0.2) is 57.0 Å². The number of cyclic esters (lactones) is 1. The highest BCUT2D eigenvalue weighted by atomic mass is 16.5. The lowest BCUT2D eigenvalue weighted by Crippen LogP contribution is -2.38. The summed E-state index contributed by atoms with van der Waals surface area (Å²) in [5.41, 5.74) is 0.107. The molecule has 1 heterocycles. The van der Waals surface area contributed by atoms with Crippen molar-refractivity contribution in [1.29, 1.82) is 0 Å². The first-order valence-electron chi connectivity index (χ1n) is 10.7. The fourth-order valence-corrected chi connectivity index (χ4v) is 2.85. The number of allylic oxidation sites excluding steroid dienone is 2. The lowest BCUT2D eigenvalue weighted by atomic mass is 10.1. The van der Waals surface area contributed by atoms with Crippen LogP contribution >= 0.6 is 0 Å². The third-order valence-corrected chi connectivity index (χ3v) is 4.60. The Labute approximate surface area is 178 Å². The van der Waals surface area contributed by atoms with Gasteiger partial charge in [0.1, 0.15) is 18.8 Å². The lowest BCUT2D eigenvalue weighted by molar-refractivity contribution is -0.138. The molecule has 8 nitrogen and oxygen atoms in total. The molecule has 1 rings (SSSR count). The number of Topliss-reactive ketones (excluding diaryl/α,β-unsaturated/α-hetero) is 1. The van der Waals surface area contributed by atoms with Gasteiger partial charge in [0.15, 0.2) is 5.78 Å². The number of carbonyl (C=O) groups is 4. The normalized spacial score (nSPS) is 13.2. The van der Waals surface area contributed by atoms with Crippen LogP contribution in [0, 0.1) is 0 Å². The van der Waals surface area contributed by atoms with E-state index >= 15 is 0 Å². The highest BCUT2D eigenvalue weighted by Gasteiger charge is 2.23. The maximum atomic E-state index is 11.7. The van der Waals surface area contributed by atoms with Crippen molar-refractivity contribution in [1.82, 2.24) is 10.6 Å². The van der Waals surface area contributed by atoms with E-state index in [-0.39, 0.29) is 24.6 Å². The van der Waals surface area contributed by atoms with Gasteiger partial charge in [-0.2, -0.15) is 0 Å². The number of hydrogen-bond acceptors (Lipinski definition) is 6. The van der Waals surface area contributed by atoms with Gasteiger partial charge in [0, 0.05) is 20.2 Å². The van der Waals surface area contributed by atoms with Gasteiger partial charge in [-0.3, -0.25) is 14.4 Å². The number of carbonyl (C=O) groups excluding carboxylic acids is 4. The Hall–Kier alpha value is -2.48. The molecule has 0 bridgehead atoms. The van der Waals surface area contributed by atoms with E-state index < -0.39 is 17.8 Å². The maximum absolute atomic E-state index is 11.7. The number of unbranched alkanes of at least 4 members (excludes halogenated alkanes) is 7. The smallest absolute Gasteiger partial charge is 0.341 e. The second kappa shape index (κ2) is 16.3. The zero-order valence-electron chi connectivity index (χ0n) is 17.9. The van der Waals surface area contributed by atoms with Crippen LogP contribution < -0.4 is 10.6 Å². The van der Waals surface area contributed by atoms with Gasteiger partial charge in [0.25, 0.3) is 0 Å². The molecule has 1 aliphatic rings. The summed E-state index contributed by atoms with van der Waals surface area (Å²) in [6.45, 7) is 1.15. The number of rotatable bonds is 16. The van der Waals surface area contributed by atoms with Crippen molar-refractivity contribution in [3.63, 3.8) is 0 Å². The van der Waals surface area contributed by atoms with Gasteiger partial charge in [-0.05, 0) is 44.6 Å². The van der Waals surface area contributed by atoms with Crippen molar-refractivity contribution in [3.05, 3.63) is 23.8 Å². The van der Waals surface area contributed by atoms with Crippen LogP contribution in [0.15, 0.2) is 23.8 Å². The minimum atomic E-state index is -0.608. The Bertz CT molecular complexity index is 627. The summed E-state index contributed by atoms with van der Waals surface area (Å²) in [5, 5.41) is 4.86. The van der Waals surface area contributed by atoms with Gasteiger partial charge in [0.2, 0.25) is 0 Å². The van der Waals surface area contributed by atoms with Gasteiger partial charge < -0.3 is 20.1 Å². The summed E-state index contributed by atoms with van der Waals surface area (Å²) in [7, 11) is 1.43. The number of amides is 2. The number of esters is 1. The van der Waals surface area contributed by atoms with Crippen LogP contribution in [0.2, 0.25) is 0 Å². The van der Waals surface area contributed by atoms with E-state index in [0.29, 0.717) is 13.2 Å². The molecule has 30 heavy (non-hydrogen) atoms. The van der Waals surface area contributed by atoms with Crippen molar-refractivity contribution in [2.45, 2.75) is 57.8 Å². The quantitative estimate of drug-likeness (QED) is 0.129. The largest absolute Gasteiger partial charge is 0.458 e. The number of likely N-dealkylation sites (N-methyl/N-ethyl adjacent to an activating group) is 1. The molecule has 1 aliphatic heterocycles. The van der Waals surface area contributed by atoms with Crippen LogP contribution in [0.5, 0.6) is 0 Å². The van der Waals surface area contributed by atoms with Crippen molar-refractivity contribution in [2.24, 2.45) is 0 Å². The SMILES string of the molecule is CNC(=O)C(=O)NCCCC/C=C\CCCCCCCOCC(=O)C1=CCOC1=O. The molecule has 0 aromatic heterocycles. The van der Waals surface area contributed by atoms with Crippen LogP contribution in [0.4, 0.5) is 0 Å². The zero-order valence-corrected chi connectivity index (χ0v) is 17.9. The molecule has 0 aliphatic carbocycles. The van der Waals surface area contributed by atoms with Crippen LogP contribution in [-0.2, 0) is 28.7 Å². The predicted octanol–water partition coefficient (Wildman–Crippen LogP) is 1.98. The predicted molar refractivity (Wildman–Crippen MR) is 113 cm³/mol. The van der Waals surface area contributed by atoms with E-state index in [9.17, 15) is 19.2 Å². The molecule has 0 aromatic carbocycles. The van der Waals surface area contributed by atoms with Crippen LogP contribution in [0.25, 0.3) is 0 Å². The molecule has 0 saturated heterocycles. The lowest BCUT2D eigenvalue weighted by Gasteiger charge is -2.04. The topological polar surface area (TPSA) is 111 Å². The fraction of sp³-hybridized carbons (Fsp3) is 0.636. The maximum Gasteiger partial charge on any atom is 0.341 e. The van der Waals surface area contributed by atoms with Gasteiger partial charge in [-0.1, -0.05) is 31.4 Å². The molecule has 2 amide bonds. The van der Waals surface area contributed by atoms with Gasteiger partial charge in [-0.25, -0.2) is 4.79 Å². The average Bonchev–Trinajstić information content (AvgIpc) is 3.18. The summed E-state index contributed by atoms with van der Waals surface area (Å²) >= 11 is 0. The summed E-state index contributed by atoms with van der Waals surface area (Å²) in [4.78, 5) is 45.2. The molecular weight excluding hydrogens is 388 g/mol. The summed E-state index contributed by atoms with van der Waals surface area (Å²) in [5.74, 6) is -2.05. The number of nitrogens with one attached hydrogen (secondary N) is 2. The molecule has 0 aromatic rings. The highest BCUT2D eigenvalue weighted by Crippen LogP contribution is 2.09. The molecule has 8 heteroatoms. The second-order valence-electron chi connectivity index (χ2n) is 7.05. The molecule has 168 valence electrons. The molecule has 0 atom stereocenters. The van der Waals surface area contributed by atoms with Gasteiger partial charge in [-0.15, -0.1) is 0 Å². The summed E-state index contributed by atoms with van der Waals surface area (Å²) in [6, 6.07) is 0. The van der Waals surface area contributed by atoms with Crippen molar-refractivity contribution < 1.29 is 28.7 Å². The third-order valence-electron chi connectivity index (χ3n) is 4.60. The minimum absolute atomic E-state index is 0.0633. The molecular formula is C22H34N2O6. The van der Waals surface area contributed by atoms with Crippen molar-refractivity contribution >= 4 is 23.6 Å². The second-order valence-corrected chi connectivity index (χ2v) is 7.05. The van der Waals surface area contributed by atoms with E-state index in [1.54, 1.807) is 0 Å². The fourth-order valence-electron chi connectivity index (χ4n) is 2.85. The van der Waals surface area contributed by atoms with E-state index in [0.717, 1.165) is 57.8 Å². The molecule has 0 unspecified atom stereocenters. The molecule has 0 spiro atoms. The number of ketones is 1. The van der Waals surface area contributed by atoms with Crippen LogP contribution in [0.3, 0.4) is 0 Å². The Balaban J connectivity index is 1.83. The van der Waals surface area contributed by atoms with Crippen LogP contribution in [0.1, 0.15) is 57.8 Å². The van der Waals surface area contributed by atoms with Gasteiger partial charge in [0.05, 0.1) is 0 Å². The first kappa shape index (κ1) is 25.6. The monoisotopic (exact) mass is 422 g/mol. The van der Waals surface area contributed by atoms with E-state index in [1.165, 1.54) is 13.1 Å². The number of ether oxygens (including phenoxy) is 2. The summed E-state index contributed by atoms with van der Waals surface area (Å²) in [6.07, 6.45) is 15.1. The highest BCUT2D eigenvalue weighted by molar-refractivity contribution is 6.35. The van der Waals surface area contributed by atoms with E-state index in [2.05, 4.69) is 22.8 Å². The molecule has 0 fully saturated rings. The van der Waals surface area contributed by atoms with E-state index in [4.69, 9.17) is 9.47 Å². The van der Waals surface area contributed by atoms with E-state index in [1.807, 2.05) is 0 Å². The third kappa shape index (κ3) is 11.5. The summed E-state index contributed by atoms with van der Waals surface area (Å²) < 4.78 is 10.0. The van der Waals surface area contributed by atoms with Crippen molar-refractivity contribution in [3.8, 4) is 0 Å². The first-order valence-corrected chi connectivity index (χ1v) is 10.7. The van der Waals surface area contributed by atoms with Gasteiger partial charge >= 0.3 is 17.8 Å². The molecule has 0 saturated carbocycles. The van der Waals surface area contributed by atoms with Crippen molar-refractivity contribution in [2.75, 3.05) is 33.4 Å². The Morgan fingerprint density at radius 2 is 1.67 bits per heavy atom. The number of hydrogen-bond donors (Lipinski definition) is 2. The Morgan fingerprint density at radius 1 is 1.00 bits per heavy atom.